The summed E-state index contributed by atoms with van der Waals surface area (Å²) in [6.07, 6.45) is 0.890. The molecular weight excluding hydrogens is 336 g/mol. The normalized spacial score (nSPS) is 23.7. The van der Waals surface area contributed by atoms with Gasteiger partial charge in [-0.3, -0.25) is 9.48 Å². The van der Waals surface area contributed by atoms with Gasteiger partial charge in [-0.1, -0.05) is 26.0 Å². The molecular formula is C20H23F2N3O. The van der Waals surface area contributed by atoms with Gasteiger partial charge in [0.1, 0.15) is 5.69 Å². The number of rotatable bonds is 4. The van der Waals surface area contributed by atoms with E-state index in [-0.39, 0.29) is 5.56 Å². The minimum Gasteiger partial charge on any atom is -0.322 e. The molecule has 1 amide bonds. The Labute approximate surface area is 151 Å². The van der Waals surface area contributed by atoms with Gasteiger partial charge < -0.3 is 5.32 Å². The van der Waals surface area contributed by atoms with E-state index in [9.17, 15) is 13.6 Å². The van der Waals surface area contributed by atoms with Crippen molar-refractivity contribution in [3.63, 3.8) is 0 Å². The number of nitrogens with one attached hydrogen (secondary N) is 1. The molecule has 2 aliphatic rings. The zero-order valence-corrected chi connectivity index (χ0v) is 15.2. The number of aromatic nitrogens is 2. The first kappa shape index (κ1) is 17.2. The maximum atomic E-state index is 13.2. The Balaban J connectivity index is 1.67. The highest BCUT2D eigenvalue weighted by Crippen LogP contribution is 2.61. The molecule has 1 aromatic heterocycles. The lowest BCUT2D eigenvalue weighted by molar-refractivity contribution is 0.101. The van der Waals surface area contributed by atoms with E-state index in [0.717, 1.165) is 12.1 Å². The van der Waals surface area contributed by atoms with E-state index >= 15 is 0 Å². The summed E-state index contributed by atoms with van der Waals surface area (Å²) >= 11 is 0. The third-order valence-electron chi connectivity index (χ3n) is 5.95. The van der Waals surface area contributed by atoms with Crippen molar-refractivity contribution in [3.05, 3.63) is 46.8 Å². The molecule has 1 aromatic carbocycles. The third kappa shape index (κ3) is 2.54. The predicted molar refractivity (Wildman–Crippen MR) is 95.6 cm³/mol. The SMILES string of the molecule is CC(C)[C@H]1[C@H]2CC[C@H]1c1c(NC(=O)c3cn(C)nc3C(F)F)cccc12. The van der Waals surface area contributed by atoms with E-state index in [4.69, 9.17) is 0 Å². The lowest BCUT2D eigenvalue weighted by Crippen LogP contribution is -2.16. The van der Waals surface area contributed by atoms with Crippen LogP contribution in [-0.4, -0.2) is 15.7 Å². The Morgan fingerprint density at radius 3 is 2.69 bits per heavy atom. The number of carbonyl (C=O) groups is 1. The van der Waals surface area contributed by atoms with Crippen LogP contribution in [0.3, 0.4) is 0 Å². The molecule has 6 heteroatoms. The average molecular weight is 359 g/mol. The van der Waals surface area contributed by atoms with E-state index in [1.165, 1.54) is 35.5 Å². The van der Waals surface area contributed by atoms with Gasteiger partial charge in [0, 0.05) is 18.9 Å². The van der Waals surface area contributed by atoms with Gasteiger partial charge in [0.05, 0.1) is 5.56 Å². The van der Waals surface area contributed by atoms with Crippen molar-refractivity contribution in [2.45, 2.75) is 45.0 Å². The van der Waals surface area contributed by atoms with E-state index < -0.39 is 18.0 Å². The molecule has 26 heavy (non-hydrogen) atoms. The van der Waals surface area contributed by atoms with E-state index in [1.54, 1.807) is 0 Å². The molecule has 0 unspecified atom stereocenters. The summed E-state index contributed by atoms with van der Waals surface area (Å²) in [7, 11) is 1.54. The van der Waals surface area contributed by atoms with Gasteiger partial charge in [0.25, 0.3) is 12.3 Å². The number of alkyl halides is 2. The molecule has 0 aliphatic heterocycles. The zero-order valence-electron chi connectivity index (χ0n) is 15.2. The molecule has 138 valence electrons. The highest BCUT2D eigenvalue weighted by molar-refractivity contribution is 6.05. The van der Waals surface area contributed by atoms with Crippen molar-refractivity contribution < 1.29 is 13.6 Å². The number of carbonyl (C=O) groups excluding carboxylic acids is 1. The van der Waals surface area contributed by atoms with Crippen LogP contribution in [0.15, 0.2) is 24.4 Å². The molecule has 1 heterocycles. The molecule has 4 nitrogen and oxygen atoms in total. The van der Waals surface area contributed by atoms with Crippen LogP contribution in [0.1, 0.15) is 72.1 Å². The smallest absolute Gasteiger partial charge is 0.282 e. The van der Waals surface area contributed by atoms with Gasteiger partial charge in [-0.05, 0) is 53.7 Å². The number of anilines is 1. The Hall–Kier alpha value is -2.24. The molecule has 0 radical (unpaired) electrons. The second-order valence-corrected chi connectivity index (χ2v) is 7.78. The standard InChI is InChI=1S/C20H23F2N3O/c1-10(2)16-12-7-8-13(16)17-11(12)5-4-6-15(17)23-20(26)14-9-25(3)24-18(14)19(21)22/h4-6,9-10,12-13,16,19H,7-8H2,1-3H3,(H,23,26)/t12-,13+,16-/m0/s1. The van der Waals surface area contributed by atoms with Crippen molar-refractivity contribution in [3.8, 4) is 0 Å². The summed E-state index contributed by atoms with van der Waals surface area (Å²) in [4.78, 5) is 12.7. The minimum absolute atomic E-state index is 0.0660. The summed E-state index contributed by atoms with van der Waals surface area (Å²) in [5.41, 5.74) is 2.74. The van der Waals surface area contributed by atoms with Crippen molar-refractivity contribution >= 4 is 11.6 Å². The number of hydrogen-bond acceptors (Lipinski definition) is 2. The van der Waals surface area contributed by atoms with Crippen LogP contribution < -0.4 is 5.32 Å². The highest BCUT2D eigenvalue weighted by Gasteiger charge is 2.48. The Morgan fingerprint density at radius 2 is 2.00 bits per heavy atom. The highest BCUT2D eigenvalue weighted by atomic mass is 19.3. The maximum Gasteiger partial charge on any atom is 0.282 e. The van der Waals surface area contributed by atoms with Crippen molar-refractivity contribution in [1.29, 1.82) is 0 Å². The third-order valence-corrected chi connectivity index (χ3v) is 5.95. The average Bonchev–Trinajstić information content (AvgIpc) is 3.26. The van der Waals surface area contributed by atoms with Gasteiger partial charge in [-0.15, -0.1) is 0 Å². The zero-order chi connectivity index (χ0) is 18.6. The Morgan fingerprint density at radius 1 is 1.27 bits per heavy atom. The lowest BCUT2D eigenvalue weighted by Gasteiger charge is -2.21. The van der Waals surface area contributed by atoms with Gasteiger partial charge >= 0.3 is 0 Å². The second kappa shape index (κ2) is 6.18. The molecule has 2 aliphatic carbocycles. The minimum atomic E-state index is -2.78. The van der Waals surface area contributed by atoms with E-state index in [1.807, 2.05) is 12.1 Å². The van der Waals surface area contributed by atoms with E-state index in [0.29, 0.717) is 23.7 Å². The number of benzene rings is 1. The molecule has 1 N–H and O–H groups in total. The first-order valence-electron chi connectivity index (χ1n) is 9.14. The summed E-state index contributed by atoms with van der Waals surface area (Å²) in [5, 5.41) is 6.61. The number of halogens is 2. The number of aryl methyl sites for hydroxylation is 1. The number of hydrogen-bond donors (Lipinski definition) is 1. The quantitative estimate of drug-likeness (QED) is 0.848. The number of fused-ring (bicyclic) bond motifs is 5. The Kier molecular flexibility index (Phi) is 4.09. The fourth-order valence-corrected chi connectivity index (χ4v) is 5.11. The largest absolute Gasteiger partial charge is 0.322 e. The Bertz CT molecular complexity index is 859. The number of amides is 1. The lowest BCUT2D eigenvalue weighted by atomic mass is 9.85. The molecule has 1 saturated carbocycles. The van der Waals surface area contributed by atoms with Crippen LogP contribution in [0.25, 0.3) is 0 Å². The molecule has 0 spiro atoms. The van der Waals surface area contributed by atoms with Gasteiger partial charge in [0.15, 0.2) is 0 Å². The van der Waals surface area contributed by atoms with Crippen LogP contribution in [0.5, 0.6) is 0 Å². The fraction of sp³-hybridized carbons (Fsp3) is 0.500. The van der Waals surface area contributed by atoms with Gasteiger partial charge in [0.2, 0.25) is 0 Å². The first-order chi connectivity index (χ1) is 12.4. The maximum absolute atomic E-state index is 13.2. The predicted octanol–water partition coefficient (Wildman–Crippen LogP) is 4.86. The second-order valence-electron chi connectivity index (χ2n) is 7.78. The van der Waals surface area contributed by atoms with E-state index in [2.05, 4.69) is 30.3 Å². The van der Waals surface area contributed by atoms with Gasteiger partial charge in [-0.25, -0.2) is 8.78 Å². The number of nitrogens with zero attached hydrogens (tertiary/aromatic N) is 2. The van der Waals surface area contributed by atoms with Crippen molar-refractivity contribution in [2.75, 3.05) is 5.32 Å². The molecule has 0 saturated heterocycles. The van der Waals surface area contributed by atoms with Crippen LogP contribution in [-0.2, 0) is 7.05 Å². The molecule has 2 bridgehead atoms. The molecule has 1 fully saturated rings. The fourth-order valence-electron chi connectivity index (χ4n) is 5.11. The van der Waals surface area contributed by atoms with Crippen LogP contribution in [0.2, 0.25) is 0 Å². The molecule has 3 atom stereocenters. The summed E-state index contributed by atoms with van der Waals surface area (Å²) in [5.74, 6) is 1.63. The summed E-state index contributed by atoms with van der Waals surface area (Å²) < 4.78 is 27.6. The monoisotopic (exact) mass is 359 g/mol. The van der Waals surface area contributed by atoms with Crippen LogP contribution in [0, 0.1) is 11.8 Å². The summed E-state index contributed by atoms with van der Waals surface area (Å²) in [6, 6.07) is 5.98. The van der Waals surface area contributed by atoms with Crippen LogP contribution >= 0.6 is 0 Å². The van der Waals surface area contributed by atoms with Crippen molar-refractivity contribution in [1.82, 2.24) is 9.78 Å². The van der Waals surface area contributed by atoms with Crippen LogP contribution in [0.4, 0.5) is 14.5 Å². The van der Waals surface area contributed by atoms with Gasteiger partial charge in [-0.2, -0.15) is 5.10 Å². The topological polar surface area (TPSA) is 46.9 Å². The molecule has 4 rings (SSSR count). The molecule has 2 aromatic rings. The van der Waals surface area contributed by atoms with Crippen molar-refractivity contribution in [2.24, 2.45) is 18.9 Å². The first-order valence-corrected chi connectivity index (χ1v) is 9.14. The summed E-state index contributed by atoms with van der Waals surface area (Å²) in [6.45, 7) is 4.51.